The molecule has 9 saturated heterocycles. The number of carbonyl (C=O) groups is 17. The highest BCUT2D eigenvalue weighted by Crippen LogP contribution is 2.66. The maximum atomic E-state index is 12.5. The molecule has 0 N–H and O–H groups in total. The van der Waals surface area contributed by atoms with Crippen molar-refractivity contribution in [2.45, 2.75) is 314 Å². The molecule has 9 aliphatic heterocycles. The quantitative estimate of drug-likeness (QED) is 0.0621. The molecule has 12 saturated carbocycles. The fraction of sp³-hybridized carbons (Fsp3) is 0.680. The minimum Gasteiger partial charge on any atom is -0.458 e. The Labute approximate surface area is 760 Å². The van der Waals surface area contributed by atoms with E-state index >= 15 is 0 Å². The van der Waals surface area contributed by atoms with Crippen LogP contribution in [0.2, 0.25) is 0 Å². The molecule has 34 nitrogen and oxygen atoms in total. The Balaban J connectivity index is 0.000000131. The number of fused-ring (bicyclic) bond motifs is 10. The van der Waals surface area contributed by atoms with E-state index in [1.54, 1.807) is 13.8 Å². The van der Waals surface area contributed by atoms with E-state index in [1.807, 2.05) is 27.7 Å². The van der Waals surface area contributed by atoms with Crippen molar-refractivity contribution >= 4 is 101 Å². The topological polar surface area (TPSA) is 447 Å². The smallest absolute Gasteiger partial charge is 0.350 e. The monoisotopic (exact) mass is 1830 g/mol. The van der Waals surface area contributed by atoms with Gasteiger partial charge in [-0.15, -0.1) is 0 Å². The molecular weight excluding hydrogens is 1710 g/mol. The summed E-state index contributed by atoms with van der Waals surface area (Å²) < 4.78 is 91.2. The van der Waals surface area contributed by atoms with Gasteiger partial charge in [0.1, 0.15) is 83.4 Å². The minimum absolute atomic E-state index is 0.0266. The molecule has 0 aromatic carbocycles. The molecule has 9 heterocycles. The van der Waals surface area contributed by atoms with Crippen LogP contribution >= 0.6 is 0 Å². The van der Waals surface area contributed by atoms with E-state index in [1.165, 1.54) is 62.3 Å². The summed E-state index contributed by atoms with van der Waals surface area (Å²) in [6, 6.07) is 0. The van der Waals surface area contributed by atoms with Crippen molar-refractivity contribution in [1.29, 1.82) is 0 Å². The first-order valence-corrected chi connectivity index (χ1v) is 45.2. The standard InChI is InChI=1S/2C17H22O6.C16H20O6.C13H16O4.C12H14O4.C12H16O4.C10H12O4/c1-8(2)13(18)22-16(3,4)15(20)23-17(5)9-6-10-11(7-9)14(19)21-12(10)17;1-8(2)13(18)22-16(3,4)15(20)21-12-9-6-10-11(7-9)17(12,5)23-14(10)19;1-7(2)13(17)22-16(3,4)15(19)21-11-8-5-9-10(6-8)14(18)20-12(9)11;1-6(2)11(14)16-10-8-4-7-5-9(8)12(15)17-13(7,10)3;1-3-8(13)15-10-9-6-4-12(10,2)5-7(6)11(14)16-9;1-7(2)10(13)15-9-6-8-4-5-12(9,3)16-11(8)14;1-2-9(11)13-7-4-3-6-5-8(7)14-10(6)12/h2*9-12H,1,6-7H2,2-5H3;8-12H,1,5-6H2,2-4H3;7-10H,1,4-5H2,2-3H3;3,6-7,9-10H,1,4-5H2,2H3;8-9H,1,4-6H2,2-3H3;2,6-8H,1,3-5H2. The Morgan fingerprint density at radius 1 is 0.397 bits per heavy atom. The van der Waals surface area contributed by atoms with Gasteiger partial charge in [-0.2, -0.15) is 0 Å². The summed E-state index contributed by atoms with van der Waals surface area (Å²) >= 11 is 0. The third-order valence-electron chi connectivity index (χ3n) is 30.7. The Morgan fingerprint density at radius 3 is 1.48 bits per heavy atom. The number of esters is 17. The highest BCUT2D eigenvalue weighted by atomic mass is 16.7. The average Bonchev–Trinajstić information content (AvgIpc) is 1.52. The number of ether oxygens (including phenoxy) is 17. The third kappa shape index (κ3) is 18.3. The Kier molecular flexibility index (Phi) is 26.6. The van der Waals surface area contributed by atoms with Crippen molar-refractivity contribution in [3.63, 3.8) is 0 Å². The van der Waals surface area contributed by atoms with Crippen LogP contribution in [0, 0.1) is 100 Å². The molecule has 21 rings (SSSR count). The second-order valence-corrected chi connectivity index (χ2v) is 41.5. The lowest BCUT2D eigenvalue weighted by Crippen LogP contribution is -2.59. The number of hydrogen-bond acceptors (Lipinski definition) is 34. The van der Waals surface area contributed by atoms with Crippen LogP contribution in [0.15, 0.2) is 86.1 Å². The predicted molar refractivity (Wildman–Crippen MR) is 450 cm³/mol. The number of carbonyl (C=O) groups excluding carboxylic acids is 17. The van der Waals surface area contributed by atoms with Crippen molar-refractivity contribution in [3.05, 3.63) is 86.1 Å². The Hall–Kier alpha value is -10.8. The van der Waals surface area contributed by atoms with Gasteiger partial charge in [-0.3, -0.25) is 33.6 Å². The van der Waals surface area contributed by atoms with Crippen LogP contribution in [0.5, 0.6) is 0 Å². The maximum Gasteiger partial charge on any atom is 0.350 e. The van der Waals surface area contributed by atoms with Crippen molar-refractivity contribution in [1.82, 2.24) is 0 Å². The lowest BCUT2D eigenvalue weighted by Gasteiger charge is -2.47. The zero-order valence-electron chi connectivity index (χ0n) is 77.3. The van der Waals surface area contributed by atoms with E-state index < -0.39 is 111 Å². The summed E-state index contributed by atoms with van der Waals surface area (Å²) in [7, 11) is 0. The fourth-order valence-electron chi connectivity index (χ4n) is 23.5. The Morgan fingerprint density at radius 2 is 0.901 bits per heavy atom. The minimum atomic E-state index is -1.43. The van der Waals surface area contributed by atoms with Gasteiger partial charge in [0, 0.05) is 112 Å². The lowest BCUT2D eigenvalue weighted by atomic mass is 9.74. The second-order valence-electron chi connectivity index (χ2n) is 41.5. The fourth-order valence-corrected chi connectivity index (χ4v) is 23.5. The maximum absolute atomic E-state index is 12.5. The van der Waals surface area contributed by atoms with Crippen molar-refractivity contribution in [2.75, 3.05) is 0 Å². The molecule has 12 aliphatic carbocycles. The lowest BCUT2D eigenvalue weighted by molar-refractivity contribution is -0.220. The summed E-state index contributed by atoms with van der Waals surface area (Å²) in [6.45, 7) is 50.4. The molecule has 21 fully saturated rings. The summed E-state index contributed by atoms with van der Waals surface area (Å²) in [5.74, 6) is -5.29. The van der Waals surface area contributed by atoms with E-state index in [9.17, 15) is 81.5 Å². The summed E-state index contributed by atoms with van der Waals surface area (Å²) in [5.41, 5.74) is -5.80. The predicted octanol–water partition coefficient (Wildman–Crippen LogP) is 9.81. The van der Waals surface area contributed by atoms with E-state index in [4.69, 9.17) is 80.5 Å². The molecule has 0 radical (unpaired) electrons. The van der Waals surface area contributed by atoms with Crippen LogP contribution in [0.4, 0.5) is 0 Å². The number of rotatable bonds is 20. The molecule has 31 atom stereocenters. The van der Waals surface area contributed by atoms with Crippen molar-refractivity contribution < 1.29 is 162 Å². The van der Waals surface area contributed by atoms with E-state index in [-0.39, 0.29) is 201 Å². The molecule has 16 bridgehead atoms. The van der Waals surface area contributed by atoms with E-state index in [0.717, 1.165) is 76.4 Å². The molecule has 34 heteroatoms. The van der Waals surface area contributed by atoms with Gasteiger partial charge in [0.2, 0.25) is 16.8 Å². The van der Waals surface area contributed by atoms with Gasteiger partial charge in [-0.1, -0.05) is 53.0 Å². The first-order valence-electron chi connectivity index (χ1n) is 45.2. The first kappa shape index (κ1) is 97.7. The molecule has 0 amide bonds. The van der Waals surface area contributed by atoms with Gasteiger partial charge in [-0.05, 0) is 194 Å². The van der Waals surface area contributed by atoms with Crippen LogP contribution in [-0.4, -0.2) is 202 Å². The van der Waals surface area contributed by atoms with Crippen LogP contribution in [0.1, 0.15) is 214 Å². The first-order chi connectivity index (χ1) is 60.9. The molecule has 0 spiro atoms. The molecule has 21 aliphatic rings. The molecule has 0 aromatic heterocycles. The summed E-state index contributed by atoms with van der Waals surface area (Å²) in [5, 5.41) is 0. The summed E-state index contributed by atoms with van der Waals surface area (Å²) in [4.78, 5) is 199. The van der Waals surface area contributed by atoms with Gasteiger partial charge in [0.05, 0.1) is 41.4 Å². The van der Waals surface area contributed by atoms with E-state index in [0.29, 0.717) is 55.6 Å². The molecule has 0 aromatic rings. The normalized spacial score (nSPS) is 39.1. The van der Waals surface area contributed by atoms with Gasteiger partial charge in [0.25, 0.3) is 0 Å². The van der Waals surface area contributed by atoms with Crippen molar-refractivity contribution in [2.24, 2.45) is 100 Å². The third-order valence-corrected chi connectivity index (χ3v) is 30.7. The summed E-state index contributed by atoms with van der Waals surface area (Å²) in [6.07, 6.45) is 11.5. The van der Waals surface area contributed by atoms with Crippen LogP contribution in [0.25, 0.3) is 0 Å². The van der Waals surface area contributed by atoms with Gasteiger partial charge >= 0.3 is 101 Å². The van der Waals surface area contributed by atoms with E-state index in [2.05, 4.69) is 53.0 Å². The average molecular weight is 1830 g/mol. The molecular formula is C97H122O34. The van der Waals surface area contributed by atoms with Gasteiger partial charge < -0.3 is 80.5 Å². The largest absolute Gasteiger partial charge is 0.458 e. The highest BCUT2D eigenvalue weighted by Gasteiger charge is 2.74. The van der Waals surface area contributed by atoms with Crippen LogP contribution < -0.4 is 0 Å². The zero-order chi connectivity index (χ0) is 96.5. The van der Waals surface area contributed by atoms with Gasteiger partial charge in [-0.25, -0.2) is 47.9 Å². The SMILES string of the molecule is C=C(C)C(=O)OC(C)(C)C(=O)OC1(C)C2CC3C(=O)OC1C3C2.C=C(C)C(=O)OC(C)(C)C(=O)OC1C2CC3C(=O)OC1(C)C3C2.C=C(C)C(=O)OC(C)(C)C(=O)OC1C2CC3C(=O)OC1C3C2.C=C(C)C(=O)OC1C2CC3CC2C(=O)OC31C.C=C(C)C(=O)OC1CC2CCC1(C)OC2=O.C=CC(=O)OC1C2OC(=O)C3CC1(C)CC32.C=CC(=O)OC1CCC2CC1OC2=O. The molecule has 131 heavy (non-hydrogen) atoms. The number of hydrogen-bond donors (Lipinski definition) is 0. The zero-order valence-corrected chi connectivity index (χ0v) is 77.3. The highest BCUT2D eigenvalue weighted by molar-refractivity contribution is 5.94. The van der Waals surface area contributed by atoms with Crippen LogP contribution in [-0.2, 0) is 162 Å². The molecule has 31 unspecified atom stereocenters. The van der Waals surface area contributed by atoms with Gasteiger partial charge in [0.15, 0.2) is 0 Å². The van der Waals surface area contributed by atoms with Crippen LogP contribution in [0.3, 0.4) is 0 Å². The molecule has 714 valence electrons. The van der Waals surface area contributed by atoms with Crippen molar-refractivity contribution in [3.8, 4) is 0 Å². The second kappa shape index (κ2) is 35.6. The Bertz CT molecular complexity index is 4880.